The van der Waals surface area contributed by atoms with Crippen LogP contribution in [0.5, 0.6) is 0 Å². The van der Waals surface area contributed by atoms with Gasteiger partial charge >= 0.3 is 0 Å². The van der Waals surface area contributed by atoms with Crippen molar-refractivity contribution in [2.24, 2.45) is 0 Å². The molecule has 0 aliphatic rings. The minimum atomic E-state index is -1.64. The first-order valence-corrected chi connectivity index (χ1v) is 8.44. The molecule has 0 saturated heterocycles. The summed E-state index contributed by atoms with van der Waals surface area (Å²) in [6, 6.07) is 7.47. The van der Waals surface area contributed by atoms with E-state index in [9.17, 15) is 4.39 Å². The van der Waals surface area contributed by atoms with Crippen molar-refractivity contribution in [2.45, 2.75) is 18.9 Å². The molecule has 13 heavy (non-hydrogen) atoms. The SMILES string of the molecule is CC(C[SiH](Cl)Cl)c1ccccc1F. The molecular weight excluding hydrogens is 226 g/mol. The van der Waals surface area contributed by atoms with Crippen LogP contribution >= 0.6 is 22.2 Å². The van der Waals surface area contributed by atoms with E-state index in [4.69, 9.17) is 22.2 Å². The molecule has 0 heterocycles. The molecule has 1 aromatic carbocycles. The van der Waals surface area contributed by atoms with E-state index in [1.54, 1.807) is 12.1 Å². The number of halogens is 3. The van der Waals surface area contributed by atoms with Crippen LogP contribution in [-0.4, -0.2) is 7.42 Å². The lowest BCUT2D eigenvalue weighted by molar-refractivity contribution is 0.598. The lowest BCUT2D eigenvalue weighted by Gasteiger charge is -2.11. The molecule has 0 aliphatic carbocycles. The van der Waals surface area contributed by atoms with Crippen molar-refractivity contribution in [2.75, 3.05) is 0 Å². The average Bonchev–Trinajstić information content (AvgIpc) is 2.03. The molecule has 0 aromatic heterocycles. The van der Waals surface area contributed by atoms with Gasteiger partial charge in [0.05, 0.1) is 0 Å². The maximum Gasteiger partial charge on any atom is 0.237 e. The molecule has 0 amide bonds. The molecular formula is C9H11Cl2FSi. The Labute approximate surface area is 88.7 Å². The topological polar surface area (TPSA) is 0 Å². The Morgan fingerprint density at radius 3 is 2.54 bits per heavy atom. The van der Waals surface area contributed by atoms with Crippen LogP contribution in [0.2, 0.25) is 6.04 Å². The number of rotatable bonds is 3. The van der Waals surface area contributed by atoms with Gasteiger partial charge in [-0.1, -0.05) is 25.1 Å². The summed E-state index contributed by atoms with van der Waals surface area (Å²) in [5.41, 5.74) is 0.710. The lowest BCUT2D eigenvalue weighted by Crippen LogP contribution is -2.03. The van der Waals surface area contributed by atoms with Crippen molar-refractivity contribution in [3.05, 3.63) is 35.6 Å². The first-order chi connectivity index (χ1) is 6.11. The van der Waals surface area contributed by atoms with E-state index in [1.165, 1.54) is 6.07 Å². The van der Waals surface area contributed by atoms with Gasteiger partial charge < -0.3 is 0 Å². The van der Waals surface area contributed by atoms with E-state index in [-0.39, 0.29) is 11.7 Å². The molecule has 0 spiro atoms. The van der Waals surface area contributed by atoms with Crippen LogP contribution in [0.3, 0.4) is 0 Å². The Hall–Kier alpha value is -0.0531. The van der Waals surface area contributed by atoms with Crippen LogP contribution in [0.4, 0.5) is 4.39 Å². The van der Waals surface area contributed by atoms with Crippen molar-refractivity contribution in [1.82, 2.24) is 0 Å². The van der Waals surface area contributed by atoms with Gasteiger partial charge in [0.1, 0.15) is 5.82 Å². The summed E-state index contributed by atoms with van der Waals surface area (Å²) in [4.78, 5) is 0. The Morgan fingerprint density at radius 1 is 1.38 bits per heavy atom. The predicted octanol–water partition coefficient (Wildman–Crippen LogP) is 3.63. The standard InChI is InChI=1S/C9H11Cl2FSi/c1-7(6-13(10)11)8-4-2-3-5-9(8)12/h2-5,7,13H,6H2,1H3. The van der Waals surface area contributed by atoms with Gasteiger partial charge in [-0.05, 0) is 23.6 Å². The average molecular weight is 237 g/mol. The number of hydrogen-bond donors (Lipinski definition) is 0. The summed E-state index contributed by atoms with van der Waals surface area (Å²) in [7, 11) is -1.64. The van der Waals surface area contributed by atoms with Crippen molar-refractivity contribution in [3.8, 4) is 0 Å². The molecule has 0 fully saturated rings. The third kappa shape index (κ3) is 3.29. The molecule has 0 saturated carbocycles. The first-order valence-electron chi connectivity index (χ1n) is 4.14. The fourth-order valence-electron chi connectivity index (χ4n) is 1.27. The maximum absolute atomic E-state index is 13.2. The number of hydrogen-bond acceptors (Lipinski definition) is 0. The van der Waals surface area contributed by atoms with E-state index in [2.05, 4.69) is 0 Å². The van der Waals surface area contributed by atoms with Crippen molar-refractivity contribution >= 4 is 29.6 Å². The highest BCUT2D eigenvalue weighted by Crippen LogP contribution is 2.25. The Kier molecular flexibility index (Phi) is 4.23. The van der Waals surface area contributed by atoms with Crippen molar-refractivity contribution in [3.63, 3.8) is 0 Å². The van der Waals surface area contributed by atoms with Crippen LogP contribution in [0.1, 0.15) is 18.4 Å². The van der Waals surface area contributed by atoms with Crippen LogP contribution < -0.4 is 0 Å². The van der Waals surface area contributed by atoms with Crippen molar-refractivity contribution in [1.29, 1.82) is 0 Å². The molecule has 4 heteroatoms. The van der Waals surface area contributed by atoms with Gasteiger partial charge in [-0.3, -0.25) is 0 Å². The molecule has 0 bridgehead atoms. The summed E-state index contributed by atoms with van der Waals surface area (Å²) in [5, 5.41) is 0. The van der Waals surface area contributed by atoms with Gasteiger partial charge in [-0.15, -0.1) is 0 Å². The second-order valence-corrected chi connectivity index (χ2v) is 8.13. The third-order valence-electron chi connectivity index (χ3n) is 1.97. The smallest absolute Gasteiger partial charge is 0.207 e. The lowest BCUT2D eigenvalue weighted by atomic mass is 10.0. The zero-order chi connectivity index (χ0) is 9.84. The molecule has 1 atom stereocenters. The van der Waals surface area contributed by atoms with Crippen molar-refractivity contribution < 1.29 is 4.39 Å². The van der Waals surface area contributed by atoms with Gasteiger partial charge in [0.2, 0.25) is 7.42 Å². The highest BCUT2D eigenvalue weighted by Gasteiger charge is 2.14. The van der Waals surface area contributed by atoms with Gasteiger partial charge in [-0.25, -0.2) is 4.39 Å². The minimum Gasteiger partial charge on any atom is -0.207 e. The molecule has 1 unspecified atom stereocenters. The maximum atomic E-state index is 13.2. The second kappa shape index (κ2) is 4.98. The summed E-state index contributed by atoms with van der Waals surface area (Å²) in [5.74, 6) is -0.0501. The molecule has 1 aromatic rings. The van der Waals surface area contributed by atoms with E-state index >= 15 is 0 Å². The molecule has 0 aliphatic heterocycles. The third-order valence-corrected chi connectivity index (χ3v) is 4.10. The summed E-state index contributed by atoms with van der Waals surface area (Å²) < 4.78 is 13.2. The Balaban J connectivity index is 2.76. The summed E-state index contributed by atoms with van der Waals surface area (Å²) in [6.45, 7) is 1.95. The summed E-state index contributed by atoms with van der Waals surface area (Å²) >= 11 is 11.5. The van der Waals surface area contributed by atoms with Gasteiger partial charge in [0.25, 0.3) is 0 Å². The first kappa shape index (κ1) is 11.0. The van der Waals surface area contributed by atoms with E-state index in [1.807, 2.05) is 13.0 Å². The van der Waals surface area contributed by atoms with Crippen LogP contribution in [-0.2, 0) is 0 Å². The Morgan fingerprint density at radius 2 is 2.00 bits per heavy atom. The van der Waals surface area contributed by atoms with Gasteiger partial charge in [0.15, 0.2) is 0 Å². The minimum absolute atomic E-state index is 0.118. The molecule has 0 N–H and O–H groups in total. The fraction of sp³-hybridized carbons (Fsp3) is 0.333. The van der Waals surface area contributed by atoms with E-state index in [0.717, 1.165) is 0 Å². The highest BCUT2D eigenvalue weighted by atomic mass is 35.7. The van der Waals surface area contributed by atoms with Crippen LogP contribution in [0.15, 0.2) is 24.3 Å². The largest absolute Gasteiger partial charge is 0.237 e. The zero-order valence-corrected chi connectivity index (χ0v) is 9.97. The van der Waals surface area contributed by atoms with Crippen LogP contribution in [0, 0.1) is 5.82 Å². The molecule has 1 rings (SSSR count). The predicted molar refractivity (Wildman–Crippen MR) is 58.5 cm³/mol. The quantitative estimate of drug-likeness (QED) is 0.556. The highest BCUT2D eigenvalue weighted by molar-refractivity contribution is 7.33. The normalized spacial score (nSPS) is 13.3. The van der Waals surface area contributed by atoms with Gasteiger partial charge in [0, 0.05) is 0 Å². The monoisotopic (exact) mass is 236 g/mol. The van der Waals surface area contributed by atoms with E-state index < -0.39 is 7.42 Å². The molecule has 0 nitrogen and oxygen atoms in total. The second-order valence-electron chi connectivity index (χ2n) is 3.05. The zero-order valence-electron chi connectivity index (χ0n) is 7.31. The number of benzene rings is 1. The van der Waals surface area contributed by atoms with E-state index in [0.29, 0.717) is 11.6 Å². The fourth-order valence-corrected chi connectivity index (χ4v) is 3.66. The summed E-state index contributed by atoms with van der Waals surface area (Å²) in [6.07, 6.45) is 0. The molecule has 72 valence electrons. The molecule has 0 radical (unpaired) electrons. The van der Waals surface area contributed by atoms with Crippen LogP contribution in [0.25, 0.3) is 0 Å². The Bertz CT molecular complexity index is 278. The van der Waals surface area contributed by atoms with Gasteiger partial charge in [-0.2, -0.15) is 22.2 Å².